The van der Waals surface area contributed by atoms with Gasteiger partial charge in [0.15, 0.2) is 0 Å². The number of hydrogen-bond donors (Lipinski definition) is 2. The third kappa shape index (κ3) is 3.19. The molecule has 0 aromatic heterocycles. The first-order valence-electron chi connectivity index (χ1n) is 4.25. The fourth-order valence-electron chi connectivity index (χ4n) is 1.25. The van der Waals surface area contributed by atoms with Gasteiger partial charge >= 0.3 is 5.97 Å². The highest BCUT2D eigenvalue weighted by Gasteiger charge is 2.21. The number of carboxylic acid groups (broad SMARTS) is 1. The molecule has 1 unspecified atom stereocenters. The molecule has 0 aliphatic carbocycles. The Morgan fingerprint density at radius 2 is 2.08 bits per heavy atom. The summed E-state index contributed by atoms with van der Waals surface area (Å²) in [4.78, 5) is 12.4. The van der Waals surface area contributed by atoms with Crippen molar-refractivity contribution in [2.45, 2.75) is 26.3 Å². The number of nitrogens with zero attached hydrogens (tertiary/aromatic N) is 1. The predicted octanol–water partition coefficient (Wildman–Crippen LogP) is 0.164. The van der Waals surface area contributed by atoms with E-state index < -0.39 is 12.0 Å². The third-order valence-electron chi connectivity index (χ3n) is 1.91. The fourth-order valence-corrected chi connectivity index (χ4v) is 1.25. The zero-order valence-electron chi connectivity index (χ0n) is 7.66. The molecule has 0 radical (unpaired) electrons. The van der Waals surface area contributed by atoms with Crippen molar-refractivity contribution in [3.05, 3.63) is 0 Å². The van der Waals surface area contributed by atoms with Gasteiger partial charge in [-0.2, -0.15) is 0 Å². The molecule has 0 bridgehead atoms. The van der Waals surface area contributed by atoms with Gasteiger partial charge in [-0.25, -0.2) is 0 Å². The molecule has 2 N–H and O–H groups in total. The largest absolute Gasteiger partial charge is 0.480 e. The second-order valence-corrected chi connectivity index (χ2v) is 2.61. The third-order valence-corrected chi connectivity index (χ3v) is 1.91. The topological polar surface area (TPSA) is 60.8 Å². The monoisotopic (exact) mass is 175 g/mol. The minimum atomic E-state index is -0.812. The number of likely N-dealkylation sites (N-methyl/N-ethyl adjacent to an activating group) is 1. The van der Waals surface area contributed by atoms with E-state index in [0.717, 1.165) is 0 Å². The molecule has 0 saturated heterocycles. The Labute approximate surface area is 72.8 Å². The van der Waals surface area contributed by atoms with E-state index in [-0.39, 0.29) is 6.61 Å². The van der Waals surface area contributed by atoms with Gasteiger partial charge in [0.1, 0.15) is 6.04 Å². The molecule has 0 aromatic rings. The van der Waals surface area contributed by atoms with Gasteiger partial charge in [0.25, 0.3) is 0 Å². The first kappa shape index (κ1) is 11.4. The second-order valence-electron chi connectivity index (χ2n) is 2.61. The lowest BCUT2D eigenvalue weighted by Crippen LogP contribution is -2.42. The SMILES string of the molecule is CCC(C(=O)O)N(CC)CCO. The van der Waals surface area contributed by atoms with Crippen molar-refractivity contribution in [3.63, 3.8) is 0 Å². The number of carbonyl (C=O) groups is 1. The average Bonchev–Trinajstić information content (AvgIpc) is 2.03. The predicted molar refractivity (Wildman–Crippen MR) is 46.0 cm³/mol. The van der Waals surface area contributed by atoms with Crippen LogP contribution in [0.4, 0.5) is 0 Å². The normalized spacial score (nSPS) is 13.3. The quantitative estimate of drug-likeness (QED) is 0.604. The number of aliphatic hydroxyl groups is 1. The summed E-state index contributed by atoms with van der Waals surface area (Å²) in [6.45, 7) is 4.82. The zero-order chi connectivity index (χ0) is 9.56. The van der Waals surface area contributed by atoms with Crippen LogP contribution in [0.1, 0.15) is 20.3 Å². The Morgan fingerprint density at radius 1 is 1.50 bits per heavy atom. The van der Waals surface area contributed by atoms with Crippen LogP contribution in [0.25, 0.3) is 0 Å². The van der Waals surface area contributed by atoms with E-state index in [1.807, 2.05) is 13.8 Å². The Balaban J connectivity index is 4.12. The number of rotatable bonds is 6. The molecular weight excluding hydrogens is 158 g/mol. The summed E-state index contributed by atoms with van der Waals surface area (Å²) in [7, 11) is 0. The van der Waals surface area contributed by atoms with E-state index >= 15 is 0 Å². The van der Waals surface area contributed by atoms with Crippen LogP contribution in [0.5, 0.6) is 0 Å². The molecule has 0 spiro atoms. The molecule has 4 heteroatoms. The van der Waals surface area contributed by atoms with E-state index in [0.29, 0.717) is 19.5 Å². The summed E-state index contributed by atoms with van der Waals surface area (Å²) < 4.78 is 0. The van der Waals surface area contributed by atoms with E-state index in [9.17, 15) is 4.79 Å². The summed E-state index contributed by atoms with van der Waals surface area (Å²) >= 11 is 0. The summed E-state index contributed by atoms with van der Waals surface area (Å²) in [6.07, 6.45) is 0.573. The van der Waals surface area contributed by atoms with Gasteiger partial charge in [0.05, 0.1) is 6.61 Å². The zero-order valence-corrected chi connectivity index (χ0v) is 7.66. The summed E-state index contributed by atoms with van der Waals surface area (Å²) in [5.41, 5.74) is 0. The van der Waals surface area contributed by atoms with E-state index in [1.54, 1.807) is 4.90 Å². The second kappa shape index (κ2) is 5.97. The summed E-state index contributed by atoms with van der Waals surface area (Å²) in [5.74, 6) is -0.812. The molecule has 4 nitrogen and oxygen atoms in total. The molecule has 0 amide bonds. The maximum absolute atomic E-state index is 10.7. The highest BCUT2D eigenvalue weighted by molar-refractivity contribution is 5.73. The van der Waals surface area contributed by atoms with Crippen LogP contribution in [0.2, 0.25) is 0 Å². The van der Waals surface area contributed by atoms with Crippen LogP contribution in [0.15, 0.2) is 0 Å². The number of aliphatic carboxylic acids is 1. The van der Waals surface area contributed by atoms with Crippen molar-refractivity contribution in [2.75, 3.05) is 19.7 Å². The Kier molecular flexibility index (Phi) is 5.66. The molecular formula is C8H17NO3. The van der Waals surface area contributed by atoms with Crippen LogP contribution in [-0.4, -0.2) is 46.8 Å². The first-order chi connectivity index (χ1) is 5.67. The van der Waals surface area contributed by atoms with Gasteiger partial charge in [-0.15, -0.1) is 0 Å². The molecule has 0 aliphatic heterocycles. The van der Waals surface area contributed by atoms with Crippen molar-refractivity contribution < 1.29 is 15.0 Å². The molecule has 0 fully saturated rings. The molecule has 1 atom stereocenters. The molecule has 0 rings (SSSR count). The smallest absolute Gasteiger partial charge is 0.320 e. The lowest BCUT2D eigenvalue weighted by Gasteiger charge is -2.25. The van der Waals surface area contributed by atoms with Gasteiger partial charge in [0, 0.05) is 6.54 Å². The molecule has 0 saturated carbocycles. The maximum atomic E-state index is 10.7. The van der Waals surface area contributed by atoms with Gasteiger partial charge in [0.2, 0.25) is 0 Å². The molecule has 0 heterocycles. The van der Waals surface area contributed by atoms with Gasteiger partial charge < -0.3 is 10.2 Å². The van der Waals surface area contributed by atoms with E-state index in [2.05, 4.69) is 0 Å². The van der Waals surface area contributed by atoms with Crippen molar-refractivity contribution in [1.82, 2.24) is 4.90 Å². The van der Waals surface area contributed by atoms with E-state index in [1.165, 1.54) is 0 Å². The molecule has 0 aromatic carbocycles. The minimum absolute atomic E-state index is 0.0115. The lowest BCUT2D eigenvalue weighted by atomic mass is 10.2. The Morgan fingerprint density at radius 3 is 2.33 bits per heavy atom. The van der Waals surface area contributed by atoms with Crippen molar-refractivity contribution in [2.24, 2.45) is 0 Å². The van der Waals surface area contributed by atoms with Crippen LogP contribution >= 0.6 is 0 Å². The lowest BCUT2D eigenvalue weighted by molar-refractivity contribution is -0.143. The Bertz CT molecular complexity index is 138. The number of hydrogen-bond acceptors (Lipinski definition) is 3. The molecule has 0 aliphatic rings. The first-order valence-corrected chi connectivity index (χ1v) is 4.25. The minimum Gasteiger partial charge on any atom is -0.480 e. The Hall–Kier alpha value is -0.610. The van der Waals surface area contributed by atoms with Crippen LogP contribution < -0.4 is 0 Å². The van der Waals surface area contributed by atoms with Gasteiger partial charge in [-0.3, -0.25) is 9.69 Å². The average molecular weight is 175 g/mol. The summed E-state index contributed by atoms with van der Waals surface area (Å²) in [6, 6.07) is -0.456. The van der Waals surface area contributed by atoms with Gasteiger partial charge in [-0.05, 0) is 13.0 Å². The van der Waals surface area contributed by atoms with Crippen molar-refractivity contribution in [3.8, 4) is 0 Å². The molecule has 12 heavy (non-hydrogen) atoms. The van der Waals surface area contributed by atoms with Gasteiger partial charge in [-0.1, -0.05) is 13.8 Å². The van der Waals surface area contributed by atoms with Crippen LogP contribution in [-0.2, 0) is 4.79 Å². The summed E-state index contributed by atoms with van der Waals surface area (Å²) in [5, 5.41) is 17.4. The van der Waals surface area contributed by atoms with Crippen LogP contribution in [0, 0.1) is 0 Å². The standard InChI is InChI=1S/C8H17NO3/c1-3-7(8(11)12)9(4-2)5-6-10/h7,10H,3-6H2,1-2H3,(H,11,12). The van der Waals surface area contributed by atoms with Crippen molar-refractivity contribution >= 4 is 5.97 Å². The van der Waals surface area contributed by atoms with Crippen molar-refractivity contribution in [1.29, 1.82) is 0 Å². The number of aliphatic hydroxyl groups excluding tert-OH is 1. The maximum Gasteiger partial charge on any atom is 0.320 e. The molecule has 72 valence electrons. The van der Waals surface area contributed by atoms with E-state index in [4.69, 9.17) is 10.2 Å². The fraction of sp³-hybridized carbons (Fsp3) is 0.875. The highest BCUT2D eigenvalue weighted by atomic mass is 16.4. The van der Waals surface area contributed by atoms with Crippen LogP contribution in [0.3, 0.4) is 0 Å². The highest BCUT2D eigenvalue weighted by Crippen LogP contribution is 2.03. The number of carboxylic acids is 1.